The van der Waals surface area contributed by atoms with E-state index < -0.39 is 0 Å². The summed E-state index contributed by atoms with van der Waals surface area (Å²) in [6, 6.07) is 0. The molecule has 0 aromatic rings. The van der Waals surface area contributed by atoms with Gasteiger partial charge in [-0.2, -0.15) is 0 Å². The third-order valence-corrected chi connectivity index (χ3v) is 0.696. The summed E-state index contributed by atoms with van der Waals surface area (Å²) >= 11 is 0. The lowest BCUT2D eigenvalue weighted by molar-refractivity contribution is 0.111. The van der Waals surface area contributed by atoms with Crippen molar-refractivity contribution in [2.75, 3.05) is 20.8 Å². The van der Waals surface area contributed by atoms with E-state index in [1.54, 1.807) is 14.2 Å². The molecular formula is C5H11O2. The molecule has 0 bridgehead atoms. The van der Waals surface area contributed by atoms with E-state index in [0.717, 1.165) is 6.10 Å². The van der Waals surface area contributed by atoms with Gasteiger partial charge < -0.3 is 9.47 Å². The van der Waals surface area contributed by atoms with Gasteiger partial charge in [0.05, 0.1) is 6.61 Å². The molecule has 0 rings (SSSR count). The van der Waals surface area contributed by atoms with Crippen molar-refractivity contribution in [3.05, 3.63) is 6.10 Å². The molecule has 0 aliphatic carbocycles. The van der Waals surface area contributed by atoms with E-state index in [4.69, 9.17) is 9.47 Å². The van der Waals surface area contributed by atoms with Crippen molar-refractivity contribution >= 4 is 0 Å². The summed E-state index contributed by atoms with van der Waals surface area (Å²) in [5.74, 6) is 0. The molecule has 0 aromatic carbocycles. The summed E-state index contributed by atoms with van der Waals surface area (Å²) < 4.78 is 9.51. The van der Waals surface area contributed by atoms with E-state index in [9.17, 15) is 0 Å². The van der Waals surface area contributed by atoms with Gasteiger partial charge in [-0.15, -0.1) is 0 Å². The quantitative estimate of drug-likeness (QED) is 0.526. The second-order valence-electron chi connectivity index (χ2n) is 1.34. The molecule has 0 atom stereocenters. The molecule has 2 heteroatoms. The molecule has 0 fully saturated rings. The number of hydrogen-bond donors (Lipinski definition) is 0. The Balaban J connectivity index is 2.83. The number of hydrogen-bond acceptors (Lipinski definition) is 2. The molecule has 0 aliphatic heterocycles. The van der Waals surface area contributed by atoms with Gasteiger partial charge in [0.2, 0.25) is 0 Å². The normalized spacial score (nSPS) is 10.3. The van der Waals surface area contributed by atoms with Crippen LogP contribution in [0.15, 0.2) is 0 Å². The lowest BCUT2D eigenvalue weighted by atomic mass is 10.4. The van der Waals surface area contributed by atoms with Gasteiger partial charge in [-0.25, -0.2) is 0 Å². The largest absolute Gasteiger partial charge is 0.382 e. The molecule has 0 saturated heterocycles. The van der Waals surface area contributed by atoms with Gasteiger partial charge in [0, 0.05) is 14.2 Å². The van der Waals surface area contributed by atoms with Crippen molar-refractivity contribution in [1.82, 2.24) is 0 Å². The molecule has 0 saturated carbocycles. The lowest BCUT2D eigenvalue weighted by Gasteiger charge is -2.03. The van der Waals surface area contributed by atoms with E-state index in [0.29, 0.717) is 6.61 Å². The Bertz CT molecular complexity index is 37.1. The fraction of sp³-hybridized carbons (Fsp3) is 0.800. The SMILES string of the molecule is COC[C](C)OC. The highest BCUT2D eigenvalue weighted by molar-refractivity contribution is 4.67. The maximum atomic E-state index is 4.78. The summed E-state index contributed by atoms with van der Waals surface area (Å²) in [6.07, 6.45) is 0.905. The van der Waals surface area contributed by atoms with Crippen LogP contribution in [0, 0.1) is 6.10 Å². The second kappa shape index (κ2) is 4.09. The first-order valence-electron chi connectivity index (χ1n) is 2.16. The first-order chi connectivity index (χ1) is 3.31. The molecular weight excluding hydrogens is 92.1 g/mol. The minimum atomic E-state index is 0.594. The fourth-order valence-electron chi connectivity index (χ4n) is 0.262. The molecule has 0 aromatic heterocycles. The molecule has 0 N–H and O–H groups in total. The molecule has 0 unspecified atom stereocenters. The van der Waals surface area contributed by atoms with Crippen LogP contribution in [0.3, 0.4) is 0 Å². The average molecular weight is 103 g/mol. The topological polar surface area (TPSA) is 18.5 Å². The average Bonchev–Trinajstić information content (AvgIpc) is 1.68. The first kappa shape index (κ1) is 6.92. The Labute approximate surface area is 44.4 Å². The first-order valence-corrected chi connectivity index (χ1v) is 2.16. The summed E-state index contributed by atoms with van der Waals surface area (Å²) in [6.45, 7) is 2.47. The van der Waals surface area contributed by atoms with Crippen LogP contribution in [0.2, 0.25) is 0 Å². The van der Waals surface area contributed by atoms with E-state index >= 15 is 0 Å². The third-order valence-electron chi connectivity index (χ3n) is 0.696. The van der Waals surface area contributed by atoms with E-state index in [2.05, 4.69) is 0 Å². The van der Waals surface area contributed by atoms with Gasteiger partial charge in [0.1, 0.15) is 6.10 Å². The minimum absolute atomic E-state index is 0.594. The summed E-state index contributed by atoms with van der Waals surface area (Å²) in [5.41, 5.74) is 0. The Hall–Kier alpha value is -0.0800. The monoisotopic (exact) mass is 103 g/mol. The highest BCUT2D eigenvalue weighted by Gasteiger charge is 1.95. The molecule has 0 amide bonds. The summed E-state index contributed by atoms with van der Waals surface area (Å²) in [5, 5.41) is 0. The van der Waals surface area contributed by atoms with Crippen LogP contribution >= 0.6 is 0 Å². The third kappa shape index (κ3) is 3.76. The van der Waals surface area contributed by atoms with Gasteiger partial charge in [-0.3, -0.25) is 0 Å². The minimum Gasteiger partial charge on any atom is -0.382 e. The van der Waals surface area contributed by atoms with Gasteiger partial charge in [-0.1, -0.05) is 0 Å². The Morgan fingerprint density at radius 3 is 2.14 bits per heavy atom. The summed E-state index contributed by atoms with van der Waals surface area (Å²) in [7, 11) is 3.27. The Morgan fingerprint density at radius 2 is 2.00 bits per heavy atom. The van der Waals surface area contributed by atoms with Crippen molar-refractivity contribution < 1.29 is 9.47 Å². The molecule has 43 valence electrons. The molecule has 0 heterocycles. The summed E-state index contributed by atoms with van der Waals surface area (Å²) in [4.78, 5) is 0. The zero-order valence-corrected chi connectivity index (χ0v) is 5.02. The molecule has 2 nitrogen and oxygen atoms in total. The van der Waals surface area contributed by atoms with Crippen molar-refractivity contribution in [1.29, 1.82) is 0 Å². The highest BCUT2D eigenvalue weighted by atomic mass is 16.5. The Morgan fingerprint density at radius 1 is 1.43 bits per heavy atom. The predicted molar refractivity (Wildman–Crippen MR) is 27.8 cm³/mol. The van der Waals surface area contributed by atoms with Crippen molar-refractivity contribution in [2.24, 2.45) is 0 Å². The van der Waals surface area contributed by atoms with Crippen LogP contribution in [0.25, 0.3) is 0 Å². The van der Waals surface area contributed by atoms with Crippen LogP contribution in [-0.4, -0.2) is 20.8 Å². The number of methoxy groups -OCH3 is 2. The van der Waals surface area contributed by atoms with E-state index in [1.165, 1.54) is 0 Å². The van der Waals surface area contributed by atoms with Crippen molar-refractivity contribution in [3.63, 3.8) is 0 Å². The molecule has 0 spiro atoms. The Kier molecular flexibility index (Phi) is 4.04. The predicted octanol–water partition coefficient (Wildman–Crippen LogP) is 0.831. The molecule has 7 heavy (non-hydrogen) atoms. The molecule has 0 aliphatic rings. The van der Waals surface area contributed by atoms with Gasteiger partial charge >= 0.3 is 0 Å². The molecule has 1 radical (unpaired) electrons. The fourth-order valence-corrected chi connectivity index (χ4v) is 0.262. The highest BCUT2D eigenvalue weighted by Crippen LogP contribution is 1.95. The lowest BCUT2D eigenvalue weighted by Crippen LogP contribution is -2.01. The van der Waals surface area contributed by atoms with Gasteiger partial charge in [0.15, 0.2) is 0 Å². The van der Waals surface area contributed by atoms with Crippen LogP contribution in [0.1, 0.15) is 6.92 Å². The maximum Gasteiger partial charge on any atom is 0.119 e. The van der Waals surface area contributed by atoms with Crippen molar-refractivity contribution in [3.8, 4) is 0 Å². The second-order valence-corrected chi connectivity index (χ2v) is 1.34. The van der Waals surface area contributed by atoms with E-state index in [1.807, 2.05) is 6.92 Å². The standard InChI is InChI=1S/C5H11O2/c1-5(7-3)4-6-2/h4H2,1-3H3. The number of rotatable bonds is 3. The maximum absolute atomic E-state index is 4.78. The number of ether oxygens (including phenoxy) is 2. The van der Waals surface area contributed by atoms with Crippen molar-refractivity contribution in [2.45, 2.75) is 6.92 Å². The zero-order valence-electron chi connectivity index (χ0n) is 5.02. The van der Waals surface area contributed by atoms with Gasteiger partial charge in [0.25, 0.3) is 0 Å². The van der Waals surface area contributed by atoms with Crippen LogP contribution in [0.4, 0.5) is 0 Å². The van der Waals surface area contributed by atoms with Crippen LogP contribution in [0.5, 0.6) is 0 Å². The zero-order chi connectivity index (χ0) is 5.70. The van der Waals surface area contributed by atoms with Gasteiger partial charge in [-0.05, 0) is 6.92 Å². The van der Waals surface area contributed by atoms with Crippen LogP contribution in [-0.2, 0) is 9.47 Å². The van der Waals surface area contributed by atoms with E-state index in [-0.39, 0.29) is 0 Å². The smallest absolute Gasteiger partial charge is 0.119 e. The van der Waals surface area contributed by atoms with Crippen LogP contribution < -0.4 is 0 Å².